The average Bonchev–Trinajstić information content (AvgIpc) is 3.13. The number of nitrogens with zero attached hydrogens (tertiary/aromatic N) is 3. The lowest BCUT2D eigenvalue weighted by molar-refractivity contribution is -0.131. The van der Waals surface area contributed by atoms with E-state index in [0.29, 0.717) is 18.7 Å². The van der Waals surface area contributed by atoms with Crippen LogP contribution in [-0.2, 0) is 17.8 Å². The minimum absolute atomic E-state index is 0.170. The first-order chi connectivity index (χ1) is 15.1. The Labute approximate surface area is 188 Å². The van der Waals surface area contributed by atoms with Crippen LogP contribution < -0.4 is 0 Å². The van der Waals surface area contributed by atoms with Crippen LogP contribution in [0.5, 0.6) is 0 Å². The van der Waals surface area contributed by atoms with Crippen molar-refractivity contribution in [3.8, 4) is 11.3 Å². The minimum atomic E-state index is 0.170. The van der Waals surface area contributed by atoms with Gasteiger partial charge in [-0.3, -0.25) is 9.69 Å². The molecule has 1 aromatic heterocycles. The molecule has 2 heterocycles. The van der Waals surface area contributed by atoms with Gasteiger partial charge in [-0.15, -0.1) is 0 Å². The SMILES string of the molecule is Cc1ccc(-c2cnc(CCC(=O)N3CCCN(Cc4ccc(Cl)cc4)CC3)o2)cc1. The molecule has 1 amide bonds. The lowest BCUT2D eigenvalue weighted by Gasteiger charge is -2.22. The highest BCUT2D eigenvalue weighted by molar-refractivity contribution is 6.30. The number of rotatable bonds is 6. The molecule has 5 nitrogen and oxygen atoms in total. The molecule has 3 aromatic rings. The summed E-state index contributed by atoms with van der Waals surface area (Å²) in [6, 6.07) is 16.1. The highest BCUT2D eigenvalue weighted by Gasteiger charge is 2.20. The molecule has 0 saturated carbocycles. The molecule has 162 valence electrons. The predicted octanol–water partition coefficient (Wildman–Crippen LogP) is 4.97. The van der Waals surface area contributed by atoms with Gasteiger partial charge in [0, 0.05) is 56.2 Å². The van der Waals surface area contributed by atoms with E-state index in [1.165, 1.54) is 11.1 Å². The van der Waals surface area contributed by atoms with E-state index in [0.717, 1.165) is 55.5 Å². The number of carbonyl (C=O) groups excluding carboxylic acids is 1. The van der Waals surface area contributed by atoms with Crippen molar-refractivity contribution < 1.29 is 9.21 Å². The first-order valence-corrected chi connectivity index (χ1v) is 11.2. The molecule has 1 fully saturated rings. The second kappa shape index (κ2) is 10.1. The maximum atomic E-state index is 12.8. The molecule has 0 spiro atoms. The molecule has 31 heavy (non-hydrogen) atoms. The molecule has 0 unspecified atom stereocenters. The number of carbonyl (C=O) groups is 1. The third-order valence-corrected chi connectivity index (χ3v) is 5.96. The second-order valence-corrected chi connectivity index (χ2v) is 8.56. The smallest absolute Gasteiger partial charge is 0.223 e. The summed E-state index contributed by atoms with van der Waals surface area (Å²) >= 11 is 5.98. The quantitative estimate of drug-likeness (QED) is 0.546. The van der Waals surface area contributed by atoms with Gasteiger partial charge >= 0.3 is 0 Å². The number of hydrogen-bond acceptors (Lipinski definition) is 4. The number of aryl methyl sites for hydroxylation is 2. The molecule has 0 N–H and O–H groups in total. The predicted molar refractivity (Wildman–Crippen MR) is 123 cm³/mol. The summed E-state index contributed by atoms with van der Waals surface area (Å²) in [5, 5.41) is 0.758. The minimum Gasteiger partial charge on any atom is -0.441 e. The summed E-state index contributed by atoms with van der Waals surface area (Å²) in [7, 11) is 0. The van der Waals surface area contributed by atoms with Crippen molar-refractivity contribution in [3.05, 3.63) is 76.8 Å². The van der Waals surface area contributed by atoms with E-state index in [1.807, 2.05) is 29.2 Å². The molecular formula is C25H28ClN3O2. The average molecular weight is 438 g/mol. The summed E-state index contributed by atoms with van der Waals surface area (Å²) in [6.45, 7) is 6.37. The Balaban J connectivity index is 1.26. The summed E-state index contributed by atoms with van der Waals surface area (Å²) in [6.07, 6.45) is 3.67. The normalized spacial score (nSPS) is 15.1. The lowest BCUT2D eigenvalue weighted by Crippen LogP contribution is -2.35. The molecule has 4 rings (SSSR count). The molecule has 0 radical (unpaired) electrons. The monoisotopic (exact) mass is 437 g/mol. The number of aromatic nitrogens is 1. The molecule has 0 atom stereocenters. The van der Waals surface area contributed by atoms with Crippen LogP contribution in [0.15, 0.2) is 59.1 Å². The summed E-state index contributed by atoms with van der Waals surface area (Å²) in [5.41, 5.74) is 3.46. The number of halogens is 1. The van der Waals surface area contributed by atoms with Gasteiger partial charge in [-0.2, -0.15) is 0 Å². The van der Waals surface area contributed by atoms with Crippen LogP contribution in [0.1, 0.15) is 29.9 Å². The van der Waals surface area contributed by atoms with Gasteiger partial charge in [0.1, 0.15) is 0 Å². The number of oxazole rings is 1. The largest absolute Gasteiger partial charge is 0.441 e. The third-order valence-electron chi connectivity index (χ3n) is 5.70. The van der Waals surface area contributed by atoms with Crippen molar-refractivity contribution in [3.63, 3.8) is 0 Å². The van der Waals surface area contributed by atoms with Gasteiger partial charge in [0.2, 0.25) is 5.91 Å². The van der Waals surface area contributed by atoms with E-state index >= 15 is 0 Å². The fourth-order valence-electron chi connectivity index (χ4n) is 3.88. The van der Waals surface area contributed by atoms with E-state index < -0.39 is 0 Å². The van der Waals surface area contributed by atoms with Crippen molar-refractivity contribution in [2.75, 3.05) is 26.2 Å². The Bertz CT molecular complexity index is 998. The van der Waals surface area contributed by atoms with Gasteiger partial charge in [-0.05, 0) is 31.0 Å². The molecule has 2 aromatic carbocycles. The Morgan fingerprint density at radius 3 is 2.58 bits per heavy atom. The first kappa shape index (κ1) is 21.6. The fourth-order valence-corrected chi connectivity index (χ4v) is 4.00. The fraction of sp³-hybridized carbons (Fsp3) is 0.360. The zero-order valence-corrected chi connectivity index (χ0v) is 18.6. The number of benzene rings is 2. The summed E-state index contributed by atoms with van der Waals surface area (Å²) < 4.78 is 5.86. The van der Waals surface area contributed by atoms with Crippen LogP contribution in [0.2, 0.25) is 5.02 Å². The van der Waals surface area contributed by atoms with Crippen LogP contribution in [0.4, 0.5) is 0 Å². The van der Waals surface area contributed by atoms with Crippen LogP contribution in [-0.4, -0.2) is 46.9 Å². The van der Waals surface area contributed by atoms with Crippen LogP contribution >= 0.6 is 11.6 Å². The van der Waals surface area contributed by atoms with E-state index in [4.69, 9.17) is 16.0 Å². The van der Waals surface area contributed by atoms with Crippen molar-refractivity contribution in [2.24, 2.45) is 0 Å². The molecule has 6 heteroatoms. The zero-order valence-electron chi connectivity index (χ0n) is 17.9. The van der Waals surface area contributed by atoms with Gasteiger partial charge < -0.3 is 9.32 Å². The van der Waals surface area contributed by atoms with Crippen molar-refractivity contribution in [2.45, 2.75) is 32.7 Å². The Morgan fingerprint density at radius 2 is 1.81 bits per heavy atom. The standard InChI is InChI=1S/C25H28ClN3O2/c1-19-3-7-21(8-4-19)23-17-27-24(31-23)11-12-25(30)29-14-2-13-28(15-16-29)18-20-5-9-22(26)10-6-20/h3-10,17H,2,11-16,18H2,1H3. The number of amides is 1. The van der Waals surface area contributed by atoms with E-state index in [-0.39, 0.29) is 5.91 Å². The number of hydrogen-bond donors (Lipinski definition) is 0. The van der Waals surface area contributed by atoms with E-state index in [2.05, 4.69) is 41.1 Å². The van der Waals surface area contributed by atoms with Gasteiger partial charge in [0.05, 0.1) is 6.20 Å². The zero-order chi connectivity index (χ0) is 21.6. The van der Waals surface area contributed by atoms with Gasteiger partial charge in [0.25, 0.3) is 0 Å². The highest BCUT2D eigenvalue weighted by Crippen LogP contribution is 2.21. The highest BCUT2D eigenvalue weighted by atomic mass is 35.5. The van der Waals surface area contributed by atoms with Crippen molar-refractivity contribution in [1.29, 1.82) is 0 Å². The topological polar surface area (TPSA) is 49.6 Å². The van der Waals surface area contributed by atoms with E-state index in [1.54, 1.807) is 6.20 Å². The first-order valence-electron chi connectivity index (χ1n) is 10.8. The maximum absolute atomic E-state index is 12.8. The molecule has 1 aliphatic rings. The van der Waals surface area contributed by atoms with Crippen molar-refractivity contribution in [1.82, 2.24) is 14.8 Å². The second-order valence-electron chi connectivity index (χ2n) is 8.12. The molecular weight excluding hydrogens is 410 g/mol. The Kier molecular flexibility index (Phi) is 7.05. The third kappa shape index (κ3) is 5.96. The van der Waals surface area contributed by atoms with Crippen LogP contribution in [0.25, 0.3) is 11.3 Å². The molecule has 1 saturated heterocycles. The van der Waals surface area contributed by atoms with Crippen LogP contribution in [0.3, 0.4) is 0 Å². The summed E-state index contributed by atoms with van der Waals surface area (Å²) in [4.78, 5) is 21.5. The van der Waals surface area contributed by atoms with Crippen molar-refractivity contribution >= 4 is 17.5 Å². The lowest BCUT2D eigenvalue weighted by atomic mass is 10.1. The Morgan fingerprint density at radius 1 is 1.03 bits per heavy atom. The van der Waals surface area contributed by atoms with E-state index in [9.17, 15) is 4.79 Å². The molecule has 0 aliphatic carbocycles. The van der Waals surface area contributed by atoms with Gasteiger partial charge in [-0.1, -0.05) is 53.6 Å². The Hall–Kier alpha value is -2.63. The van der Waals surface area contributed by atoms with Crippen LogP contribution in [0, 0.1) is 6.92 Å². The summed E-state index contributed by atoms with van der Waals surface area (Å²) in [5.74, 6) is 1.53. The molecule has 1 aliphatic heterocycles. The maximum Gasteiger partial charge on any atom is 0.223 e. The van der Waals surface area contributed by atoms with Gasteiger partial charge in [-0.25, -0.2) is 4.98 Å². The van der Waals surface area contributed by atoms with Gasteiger partial charge in [0.15, 0.2) is 11.7 Å². The molecule has 0 bridgehead atoms.